The molecule has 3 nitrogen and oxygen atoms in total. The van der Waals surface area contributed by atoms with Gasteiger partial charge >= 0.3 is 0 Å². The highest BCUT2D eigenvalue weighted by atomic mass is 16.5. The second-order valence-corrected chi connectivity index (χ2v) is 7.99. The number of hydrogen-bond acceptors (Lipinski definition) is 3. The molecule has 2 unspecified atom stereocenters. The minimum absolute atomic E-state index is 0.199. The Balaban J connectivity index is 2.00. The Kier molecular flexibility index (Phi) is 5.21. The molecule has 1 aromatic rings. The summed E-state index contributed by atoms with van der Waals surface area (Å²) < 4.78 is 6.39. The Bertz CT molecular complexity index is 688. The van der Waals surface area contributed by atoms with E-state index in [9.17, 15) is 5.11 Å². The van der Waals surface area contributed by atoms with Gasteiger partial charge in [-0.25, -0.2) is 0 Å². The molecule has 0 saturated carbocycles. The zero-order valence-corrected chi connectivity index (χ0v) is 16.0. The van der Waals surface area contributed by atoms with Gasteiger partial charge in [0.1, 0.15) is 17.1 Å². The lowest BCUT2D eigenvalue weighted by Crippen LogP contribution is -2.45. The van der Waals surface area contributed by atoms with Crippen molar-refractivity contribution < 1.29 is 9.84 Å². The number of aromatic hydroxyl groups is 1. The second-order valence-electron chi connectivity index (χ2n) is 7.99. The van der Waals surface area contributed by atoms with Crippen LogP contribution in [0.4, 0.5) is 0 Å². The minimum atomic E-state index is -0.225. The Morgan fingerprint density at radius 1 is 1.32 bits per heavy atom. The Hall–Kier alpha value is -1.77. The van der Waals surface area contributed by atoms with E-state index >= 15 is 0 Å². The molecule has 1 aromatic carbocycles. The van der Waals surface area contributed by atoms with Crippen LogP contribution >= 0.6 is 0 Å². The van der Waals surface area contributed by atoms with Gasteiger partial charge in [-0.05, 0) is 62.8 Å². The van der Waals surface area contributed by atoms with Crippen LogP contribution in [0.3, 0.4) is 0 Å². The van der Waals surface area contributed by atoms with E-state index in [-0.39, 0.29) is 11.5 Å². The Morgan fingerprint density at radius 2 is 2.12 bits per heavy atom. The quantitative estimate of drug-likeness (QED) is 0.574. The van der Waals surface area contributed by atoms with Crippen LogP contribution in [0.1, 0.15) is 69.9 Å². The van der Waals surface area contributed by atoms with Gasteiger partial charge in [0, 0.05) is 30.7 Å². The van der Waals surface area contributed by atoms with Crippen LogP contribution in [0, 0.1) is 5.92 Å². The van der Waals surface area contributed by atoms with E-state index in [0.29, 0.717) is 11.7 Å². The van der Waals surface area contributed by atoms with E-state index in [1.54, 1.807) is 0 Å². The zero-order valence-electron chi connectivity index (χ0n) is 16.0. The van der Waals surface area contributed by atoms with Crippen molar-refractivity contribution >= 4 is 6.21 Å². The zero-order chi connectivity index (χ0) is 18.0. The molecular formula is C22H31NO2. The average Bonchev–Trinajstić information content (AvgIpc) is 2.54. The molecule has 1 heterocycles. The normalized spacial score (nSPS) is 24.4. The van der Waals surface area contributed by atoms with Crippen molar-refractivity contribution in [1.29, 1.82) is 0 Å². The fourth-order valence-corrected chi connectivity index (χ4v) is 4.44. The third-order valence-corrected chi connectivity index (χ3v) is 5.71. The van der Waals surface area contributed by atoms with Crippen LogP contribution in [-0.2, 0) is 6.42 Å². The topological polar surface area (TPSA) is 41.8 Å². The Labute approximate surface area is 151 Å². The summed E-state index contributed by atoms with van der Waals surface area (Å²) in [5.74, 6) is 1.83. The van der Waals surface area contributed by atoms with Crippen LogP contribution < -0.4 is 4.74 Å². The van der Waals surface area contributed by atoms with Crippen molar-refractivity contribution in [3.8, 4) is 11.5 Å². The maximum Gasteiger partial charge on any atom is 0.127 e. The molecule has 0 aromatic heterocycles. The van der Waals surface area contributed by atoms with Gasteiger partial charge < -0.3 is 9.84 Å². The summed E-state index contributed by atoms with van der Waals surface area (Å²) in [4.78, 5) is 4.18. The van der Waals surface area contributed by atoms with Gasteiger partial charge in [0.2, 0.25) is 0 Å². The predicted molar refractivity (Wildman–Crippen MR) is 104 cm³/mol. The van der Waals surface area contributed by atoms with E-state index in [1.165, 1.54) is 24.0 Å². The molecule has 3 heteroatoms. The summed E-state index contributed by atoms with van der Waals surface area (Å²) in [5, 5.41) is 10.8. The van der Waals surface area contributed by atoms with Crippen LogP contribution in [0.25, 0.3) is 0 Å². The molecule has 1 aliphatic heterocycles. The van der Waals surface area contributed by atoms with Crippen LogP contribution in [0.15, 0.2) is 28.8 Å². The Morgan fingerprint density at radius 3 is 2.84 bits per heavy atom. The lowest BCUT2D eigenvalue weighted by molar-refractivity contribution is 0.0111. The third-order valence-electron chi connectivity index (χ3n) is 5.71. The summed E-state index contributed by atoms with van der Waals surface area (Å²) in [6.07, 6.45) is 10.9. The number of aliphatic imine (C=N–C) groups is 1. The summed E-state index contributed by atoms with van der Waals surface area (Å²) >= 11 is 0. The number of nitrogens with zero attached hydrogens (tertiary/aromatic N) is 1. The summed E-state index contributed by atoms with van der Waals surface area (Å²) in [6.45, 7) is 6.57. The first-order chi connectivity index (χ1) is 12.0. The van der Waals surface area contributed by atoms with Crippen molar-refractivity contribution in [2.24, 2.45) is 10.9 Å². The van der Waals surface area contributed by atoms with Crippen molar-refractivity contribution in [2.45, 2.75) is 70.8 Å². The average molecular weight is 341 g/mol. The molecule has 136 valence electrons. The van der Waals surface area contributed by atoms with Gasteiger partial charge in [0.05, 0.1) is 0 Å². The van der Waals surface area contributed by atoms with E-state index in [4.69, 9.17) is 4.74 Å². The number of benzene rings is 1. The summed E-state index contributed by atoms with van der Waals surface area (Å²) in [5.41, 5.74) is 3.18. The molecule has 2 atom stereocenters. The predicted octanol–water partition coefficient (Wildman–Crippen LogP) is 5.42. The lowest BCUT2D eigenvalue weighted by atomic mass is 9.68. The van der Waals surface area contributed by atoms with Crippen molar-refractivity contribution in [2.75, 3.05) is 7.05 Å². The molecular weight excluding hydrogens is 310 g/mol. The highest BCUT2D eigenvalue weighted by Gasteiger charge is 2.45. The van der Waals surface area contributed by atoms with Crippen LogP contribution in [0.5, 0.6) is 11.5 Å². The number of phenols is 1. The number of phenolic OH excluding ortho intramolecular Hbond substituents is 1. The van der Waals surface area contributed by atoms with Gasteiger partial charge in [-0.2, -0.15) is 0 Å². The smallest absolute Gasteiger partial charge is 0.127 e. The molecule has 3 rings (SSSR count). The van der Waals surface area contributed by atoms with Gasteiger partial charge in [0.25, 0.3) is 0 Å². The fraction of sp³-hybridized carbons (Fsp3) is 0.591. The van der Waals surface area contributed by atoms with Crippen molar-refractivity contribution in [3.05, 3.63) is 34.9 Å². The van der Waals surface area contributed by atoms with Gasteiger partial charge in [-0.3, -0.25) is 4.99 Å². The molecule has 0 saturated heterocycles. The van der Waals surface area contributed by atoms with E-state index in [2.05, 4.69) is 37.9 Å². The molecule has 0 amide bonds. The number of unbranched alkanes of at least 4 members (excludes halogenated alkanes) is 2. The highest BCUT2D eigenvalue weighted by molar-refractivity contribution is 5.79. The molecule has 1 aliphatic carbocycles. The largest absolute Gasteiger partial charge is 0.507 e. The maximum atomic E-state index is 10.8. The number of ether oxygens (including phenoxy) is 1. The van der Waals surface area contributed by atoms with E-state index in [1.807, 2.05) is 19.3 Å². The van der Waals surface area contributed by atoms with Crippen molar-refractivity contribution in [1.82, 2.24) is 0 Å². The van der Waals surface area contributed by atoms with Gasteiger partial charge in [-0.1, -0.05) is 25.8 Å². The molecule has 2 aliphatic rings. The van der Waals surface area contributed by atoms with Crippen molar-refractivity contribution in [3.63, 3.8) is 0 Å². The third kappa shape index (κ3) is 3.61. The summed E-state index contributed by atoms with van der Waals surface area (Å²) in [6, 6.07) is 4.10. The van der Waals surface area contributed by atoms with Crippen LogP contribution in [0.2, 0.25) is 0 Å². The number of fused-ring (bicyclic) bond motifs is 3. The number of aryl methyl sites for hydroxylation is 1. The first-order valence-corrected chi connectivity index (χ1v) is 9.64. The first-order valence-electron chi connectivity index (χ1n) is 9.64. The number of rotatable bonds is 5. The SMILES string of the molecule is CCCCCc1cc(O)c2c(c1)OC(C)(C)C1CCC(C=NC)=CC21. The maximum absolute atomic E-state index is 10.8. The second kappa shape index (κ2) is 7.23. The van der Waals surface area contributed by atoms with E-state index in [0.717, 1.165) is 37.0 Å². The lowest BCUT2D eigenvalue weighted by Gasteiger charge is -2.46. The summed E-state index contributed by atoms with van der Waals surface area (Å²) in [7, 11) is 1.81. The van der Waals surface area contributed by atoms with Gasteiger partial charge in [-0.15, -0.1) is 0 Å². The molecule has 25 heavy (non-hydrogen) atoms. The fourth-order valence-electron chi connectivity index (χ4n) is 4.44. The first kappa shape index (κ1) is 18.0. The molecule has 1 N–H and O–H groups in total. The highest BCUT2D eigenvalue weighted by Crippen LogP contribution is 2.53. The molecule has 0 spiro atoms. The monoisotopic (exact) mass is 341 g/mol. The molecule has 0 bridgehead atoms. The number of allylic oxidation sites excluding steroid dienone is 2. The molecule has 0 radical (unpaired) electrons. The van der Waals surface area contributed by atoms with Gasteiger partial charge in [0.15, 0.2) is 0 Å². The number of hydrogen-bond donors (Lipinski definition) is 1. The van der Waals surface area contributed by atoms with E-state index < -0.39 is 0 Å². The standard InChI is InChI=1S/C22H31NO2/c1-5-6-7-8-15-12-19(24)21-17-11-16(14-23-4)9-10-18(17)22(2,3)25-20(21)13-15/h11-14,17-18,24H,5-10H2,1-4H3. The molecule has 0 fully saturated rings. The minimum Gasteiger partial charge on any atom is -0.507 e. The van der Waals surface area contributed by atoms with Crippen LogP contribution in [-0.4, -0.2) is 24.0 Å².